The Bertz CT molecular complexity index is 2970. The van der Waals surface area contributed by atoms with Gasteiger partial charge in [-0.05, 0) is 75.0 Å². The van der Waals surface area contributed by atoms with Crippen LogP contribution in [-0.2, 0) is 30.6 Å². The Hall–Kier alpha value is -4.99. The summed E-state index contributed by atoms with van der Waals surface area (Å²) in [5.41, 5.74) is 12.3. The van der Waals surface area contributed by atoms with Gasteiger partial charge in [0.15, 0.2) is 0 Å². The Balaban J connectivity index is 0.00000348. The van der Waals surface area contributed by atoms with E-state index in [1.807, 2.05) is 0 Å². The van der Waals surface area contributed by atoms with Crippen LogP contribution in [0.4, 0.5) is 0 Å². The molecule has 1 aliphatic rings. The fourth-order valence-electron chi connectivity index (χ4n) is 8.97. The van der Waals surface area contributed by atoms with Crippen molar-refractivity contribution in [3.05, 3.63) is 140 Å². The Kier molecular flexibility index (Phi) is 7.04. The van der Waals surface area contributed by atoms with E-state index in [-0.39, 0.29) is 16.5 Å². The van der Waals surface area contributed by atoms with Crippen molar-refractivity contribution in [3.63, 3.8) is 0 Å². The second-order valence-electron chi connectivity index (χ2n) is 13.8. The van der Waals surface area contributed by atoms with Gasteiger partial charge in [-0.2, -0.15) is 0 Å². The van der Waals surface area contributed by atoms with E-state index in [2.05, 4.69) is 160 Å². The molecule has 1 aliphatic heterocycles. The average molecular weight is 684 g/mol. The van der Waals surface area contributed by atoms with Crippen LogP contribution >= 0.6 is 0 Å². The van der Waals surface area contributed by atoms with Crippen molar-refractivity contribution in [2.75, 3.05) is 0 Å². The van der Waals surface area contributed by atoms with Crippen LogP contribution in [0, 0.1) is 13.8 Å². The van der Waals surface area contributed by atoms with E-state index >= 15 is 0 Å². The van der Waals surface area contributed by atoms with Gasteiger partial charge in [-0.3, -0.25) is 0 Å². The molecule has 4 nitrogen and oxygen atoms in total. The number of benzene rings is 4. The van der Waals surface area contributed by atoms with Crippen LogP contribution in [0.2, 0.25) is 0 Å². The first-order chi connectivity index (χ1) is 23.2. The van der Waals surface area contributed by atoms with E-state index in [1.165, 1.54) is 121 Å². The molecule has 5 heteroatoms. The molecule has 5 heterocycles. The molecule has 0 amide bonds. The molecule has 0 spiro atoms. The number of fused-ring (bicyclic) bond motifs is 20. The smallest absolute Gasteiger partial charge is 0.0539 e. The summed E-state index contributed by atoms with van der Waals surface area (Å²) in [5, 5.41) is 15.1. The Morgan fingerprint density at radius 1 is 0.388 bits per heavy atom. The molecule has 8 aromatic rings. The van der Waals surface area contributed by atoms with Crippen molar-refractivity contribution < 1.29 is 16.5 Å². The van der Waals surface area contributed by atoms with Crippen LogP contribution in [0.1, 0.15) is 61.6 Å². The Morgan fingerprint density at radius 3 is 1.12 bits per heavy atom. The summed E-state index contributed by atoms with van der Waals surface area (Å²) in [6.07, 6.45) is 0. The summed E-state index contributed by atoms with van der Waals surface area (Å²) in [5.74, 6) is 0. The minimum absolute atomic E-state index is 0. The van der Waals surface area contributed by atoms with Crippen molar-refractivity contribution in [2.45, 2.75) is 41.5 Å². The third-order valence-electron chi connectivity index (χ3n) is 11.4. The number of aryl methyl sites for hydroxylation is 2. The van der Waals surface area contributed by atoms with E-state index in [0.29, 0.717) is 0 Å². The average Bonchev–Trinajstić information content (AvgIpc) is 3.82. The van der Waals surface area contributed by atoms with Crippen molar-refractivity contribution in [1.29, 1.82) is 0 Å². The van der Waals surface area contributed by atoms with Crippen molar-refractivity contribution in [2.24, 2.45) is 14.1 Å². The van der Waals surface area contributed by atoms with Gasteiger partial charge < -0.3 is 19.1 Å². The van der Waals surface area contributed by atoms with Crippen LogP contribution in [0.15, 0.2) is 84.9 Å². The summed E-state index contributed by atoms with van der Waals surface area (Å²) in [6.45, 7) is 13.7. The molecule has 0 saturated heterocycles. The topological polar surface area (TPSA) is 41.4 Å². The molecule has 0 atom stereocenters. The van der Waals surface area contributed by atoms with E-state index in [1.54, 1.807) is 0 Å². The van der Waals surface area contributed by atoms with Crippen LogP contribution in [-0.4, -0.2) is 19.1 Å². The first-order valence-corrected chi connectivity index (χ1v) is 16.9. The maximum absolute atomic E-state index is 4.05. The minimum atomic E-state index is 0. The van der Waals surface area contributed by atoms with Crippen LogP contribution in [0.25, 0.3) is 65.4 Å². The van der Waals surface area contributed by atoms with Gasteiger partial charge in [0.05, 0.1) is 44.2 Å². The predicted molar refractivity (Wildman–Crippen MR) is 203 cm³/mol. The molecule has 4 aromatic heterocycles. The SMILES string of the molecule is CC1=c2c3ccccc3c(n2C)=C(C)c2[nH]c(c3c(C)c(C)ccc23)C(C)=c2c3ccccc3c(n2C)=C(C)c2[nH]c1c1ccccc21.[Ni]. The maximum atomic E-state index is 4.05. The van der Waals surface area contributed by atoms with Gasteiger partial charge in [0.2, 0.25) is 0 Å². The second kappa shape index (κ2) is 11.0. The number of rotatable bonds is 0. The Labute approximate surface area is 295 Å². The summed E-state index contributed by atoms with van der Waals surface area (Å²) in [6, 6.07) is 31.3. The van der Waals surface area contributed by atoms with E-state index in [9.17, 15) is 0 Å². The first kappa shape index (κ1) is 31.3. The number of aromatic amines is 2. The van der Waals surface area contributed by atoms with Crippen LogP contribution in [0.3, 0.4) is 0 Å². The zero-order chi connectivity index (χ0) is 33.2. The van der Waals surface area contributed by atoms with Gasteiger partial charge in [0, 0.05) is 73.7 Å². The summed E-state index contributed by atoms with van der Waals surface area (Å²) in [4.78, 5) is 8.05. The van der Waals surface area contributed by atoms with Gasteiger partial charge in [0.25, 0.3) is 0 Å². The minimum Gasteiger partial charge on any atom is -0.354 e. The first-order valence-electron chi connectivity index (χ1n) is 16.9. The third kappa shape index (κ3) is 4.09. The number of hydrogen-bond acceptors (Lipinski definition) is 0. The molecular formula is C44H40N4Ni. The van der Waals surface area contributed by atoms with Gasteiger partial charge in [-0.15, -0.1) is 0 Å². The molecule has 0 fully saturated rings. The van der Waals surface area contributed by atoms with Gasteiger partial charge >= 0.3 is 0 Å². The van der Waals surface area contributed by atoms with Crippen molar-refractivity contribution >= 4 is 65.4 Å². The normalized spacial score (nSPS) is 13.4. The number of nitrogens with one attached hydrogen (secondary N) is 2. The fraction of sp³-hybridized carbons (Fsp3) is 0.182. The van der Waals surface area contributed by atoms with Crippen LogP contribution < -0.4 is 21.4 Å². The zero-order valence-electron chi connectivity index (χ0n) is 29.3. The van der Waals surface area contributed by atoms with Gasteiger partial charge in [-0.1, -0.05) is 84.9 Å². The van der Waals surface area contributed by atoms with E-state index in [4.69, 9.17) is 0 Å². The molecule has 0 aliphatic carbocycles. The summed E-state index contributed by atoms with van der Waals surface area (Å²) in [7, 11) is 4.48. The summed E-state index contributed by atoms with van der Waals surface area (Å²) >= 11 is 0. The molecule has 0 saturated carbocycles. The van der Waals surface area contributed by atoms with Gasteiger partial charge in [0.1, 0.15) is 0 Å². The molecule has 246 valence electrons. The number of H-pyrrole nitrogens is 2. The molecule has 0 radical (unpaired) electrons. The monoisotopic (exact) mass is 682 g/mol. The van der Waals surface area contributed by atoms with Crippen molar-refractivity contribution in [3.8, 4) is 0 Å². The summed E-state index contributed by atoms with van der Waals surface area (Å²) < 4.78 is 4.85. The molecule has 9 rings (SSSR count). The molecule has 8 bridgehead atoms. The Morgan fingerprint density at radius 2 is 0.714 bits per heavy atom. The number of hydrogen-bond donors (Lipinski definition) is 2. The van der Waals surface area contributed by atoms with Crippen LogP contribution in [0.5, 0.6) is 0 Å². The molecular weight excluding hydrogens is 643 g/mol. The number of nitrogens with zero attached hydrogens (tertiary/aromatic N) is 2. The molecule has 0 unspecified atom stereocenters. The van der Waals surface area contributed by atoms with Crippen molar-refractivity contribution in [1.82, 2.24) is 19.1 Å². The largest absolute Gasteiger partial charge is 0.354 e. The molecule has 4 aromatic carbocycles. The quantitative estimate of drug-likeness (QED) is 0.156. The zero-order valence-corrected chi connectivity index (χ0v) is 30.3. The van der Waals surface area contributed by atoms with E-state index < -0.39 is 0 Å². The molecule has 49 heavy (non-hydrogen) atoms. The standard InChI is InChI=1S/C44H40N4.Ni/c1-23-21-22-35-36(24(23)2)40-28(6)44-34-20-14-13-19-33(34)42(48(44)8)26(4)38-30-16-10-9-15-29(30)37(45-38)25(3)41-31-17-11-12-18-32(31)43(47(41)7)27(5)39(35)46-40;/h9-22,45-46H,1-8H3;. The van der Waals surface area contributed by atoms with Gasteiger partial charge in [-0.25, -0.2) is 0 Å². The predicted octanol–water partition coefficient (Wildman–Crippen LogP) is 7.44. The maximum Gasteiger partial charge on any atom is 0.0539 e. The third-order valence-corrected chi connectivity index (χ3v) is 11.4. The fourth-order valence-corrected chi connectivity index (χ4v) is 8.97. The number of aromatic nitrogens is 4. The molecule has 2 N–H and O–H groups in total. The second-order valence-corrected chi connectivity index (χ2v) is 13.8. The van der Waals surface area contributed by atoms with E-state index in [0.717, 1.165) is 0 Å².